The van der Waals surface area contributed by atoms with Gasteiger partial charge in [0.2, 0.25) is 11.8 Å². The van der Waals surface area contributed by atoms with Gasteiger partial charge in [0.25, 0.3) is 5.91 Å². The number of hydrogen-bond donors (Lipinski definition) is 3. The van der Waals surface area contributed by atoms with E-state index in [1.165, 1.54) is 14.2 Å². The molecule has 9 nitrogen and oxygen atoms in total. The largest absolute Gasteiger partial charge is 0.497 e. The maximum absolute atomic E-state index is 12.8. The topological polar surface area (TPSA) is 115 Å². The second-order valence-electron chi connectivity index (χ2n) is 7.52. The molecule has 0 saturated heterocycles. The molecule has 0 aliphatic heterocycles. The van der Waals surface area contributed by atoms with Crippen LogP contribution in [0, 0.1) is 5.92 Å². The minimum absolute atomic E-state index is 0.212. The molecule has 2 aromatic carbocycles. The van der Waals surface area contributed by atoms with E-state index in [0.717, 1.165) is 0 Å². The molecule has 1 atom stereocenters. The number of nitrogens with one attached hydrogen (secondary N) is 3. The van der Waals surface area contributed by atoms with Crippen LogP contribution in [0.1, 0.15) is 31.1 Å². The second kappa shape index (κ2) is 12.3. The minimum Gasteiger partial charge on any atom is -0.497 e. The minimum atomic E-state index is -0.840. The number of ether oxygens (including phenoxy) is 3. The summed E-state index contributed by atoms with van der Waals surface area (Å²) in [6.07, 6.45) is 0. The molecule has 0 spiro atoms. The number of hydrogen-bond acceptors (Lipinski definition) is 6. The summed E-state index contributed by atoms with van der Waals surface area (Å²) < 4.78 is 15.7. The first-order valence-corrected chi connectivity index (χ1v) is 10.6. The zero-order valence-electron chi connectivity index (χ0n) is 19.6. The summed E-state index contributed by atoms with van der Waals surface area (Å²) >= 11 is 0. The Kier molecular flexibility index (Phi) is 9.53. The Morgan fingerprint density at radius 2 is 1.52 bits per heavy atom. The summed E-state index contributed by atoms with van der Waals surface area (Å²) in [4.78, 5) is 37.7. The first kappa shape index (κ1) is 25.5. The van der Waals surface area contributed by atoms with Crippen molar-refractivity contribution in [2.24, 2.45) is 5.92 Å². The van der Waals surface area contributed by atoms with Crippen LogP contribution < -0.4 is 30.2 Å². The van der Waals surface area contributed by atoms with Crippen LogP contribution in [-0.4, -0.2) is 51.1 Å². The van der Waals surface area contributed by atoms with E-state index in [1.54, 1.807) is 56.3 Å². The van der Waals surface area contributed by atoms with Crippen molar-refractivity contribution in [2.75, 3.05) is 32.7 Å². The van der Waals surface area contributed by atoms with Crippen LogP contribution in [-0.2, 0) is 9.59 Å². The van der Waals surface area contributed by atoms with Crippen LogP contribution in [0.25, 0.3) is 0 Å². The van der Waals surface area contributed by atoms with E-state index >= 15 is 0 Å². The molecule has 33 heavy (non-hydrogen) atoms. The van der Waals surface area contributed by atoms with Gasteiger partial charge in [0.15, 0.2) is 0 Å². The zero-order chi connectivity index (χ0) is 24.4. The van der Waals surface area contributed by atoms with Crippen molar-refractivity contribution in [1.82, 2.24) is 10.6 Å². The van der Waals surface area contributed by atoms with Crippen LogP contribution in [0.15, 0.2) is 42.5 Å². The molecule has 0 fully saturated rings. The van der Waals surface area contributed by atoms with E-state index in [1.807, 2.05) is 6.92 Å². The summed E-state index contributed by atoms with van der Waals surface area (Å²) in [5.41, 5.74) is 0.872. The first-order chi connectivity index (χ1) is 15.8. The second-order valence-corrected chi connectivity index (χ2v) is 7.52. The van der Waals surface area contributed by atoms with Gasteiger partial charge in [-0.15, -0.1) is 0 Å². The Balaban J connectivity index is 1.96. The van der Waals surface area contributed by atoms with Gasteiger partial charge in [-0.05, 0) is 49.2 Å². The third-order valence-electron chi connectivity index (χ3n) is 4.72. The number of benzene rings is 2. The van der Waals surface area contributed by atoms with Crippen molar-refractivity contribution in [3.05, 3.63) is 48.0 Å². The highest BCUT2D eigenvalue weighted by Crippen LogP contribution is 2.22. The SMILES string of the molecule is CCOc1ccc(NC(=O)CNC(=O)C(NC(=O)c2cc(OC)cc(OC)c2)C(C)C)cc1. The molecule has 3 N–H and O–H groups in total. The summed E-state index contributed by atoms with van der Waals surface area (Å²) in [7, 11) is 2.97. The fourth-order valence-electron chi connectivity index (χ4n) is 2.98. The van der Waals surface area contributed by atoms with E-state index in [0.29, 0.717) is 29.5 Å². The predicted molar refractivity (Wildman–Crippen MR) is 125 cm³/mol. The molecular formula is C24H31N3O6. The van der Waals surface area contributed by atoms with Gasteiger partial charge in [0.05, 0.1) is 27.4 Å². The van der Waals surface area contributed by atoms with Crippen molar-refractivity contribution < 1.29 is 28.6 Å². The van der Waals surface area contributed by atoms with E-state index in [4.69, 9.17) is 14.2 Å². The fourth-order valence-corrected chi connectivity index (χ4v) is 2.98. The summed E-state index contributed by atoms with van der Waals surface area (Å²) in [5.74, 6) is 0.0874. The van der Waals surface area contributed by atoms with E-state index < -0.39 is 17.9 Å². The third-order valence-corrected chi connectivity index (χ3v) is 4.72. The van der Waals surface area contributed by atoms with Crippen molar-refractivity contribution in [3.8, 4) is 17.2 Å². The van der Waals surface area contributed by atoms with Crippen molar-refractivity contribution in [1.29, 1.82) is 0 Å². The number of methoxy groups -OCH3 is 2. The lowest BCUT2D eigenvalue weighted by molar-refractivity contribution is -0.126. The molecule has 0 saturated carbocycles. The first-order valence-electron chi connectivity index (χ1n) is 10.6. The van der Waals surface area contributed by atoms with Crippen LogP contribution in [0.4, 0.5) is 5.69 Å². The fraction of sp³-hybridized carbons (Fsp3) is 0.375. The highest BCUT2D eigenvalue weighted by Gasteiger charge is 2.25. The van der Waals surface area contributed by atoms with E-state index in [2.05, 4.69) is 16.0 Å². The van der Waals surface area contributed by atoms with Gasteiger partial charge in [-0.1, -0.05) is 13.8 Å². The molecule has 3 amide bonds. The molecule has 0 aliphatic rings. The van der Waals surface area contributed by atoms with Crippen molar-refractivity contribution >= 4 is 23.4 Å². The molecule has 0 radical (unpaired) electrons. The summed E-state index contributed by atoms with van der Waals surface area (Å²) in [6, 6.07) is 10.8. The van der Waals surface area contributed by atoms with Crippen molar-refractivity contribution in [3.63, 3.8) is 0 Å². The average molecular weight is 458 g/mol. The molecule has 178 valence electrons. The Labute approximate surface area is 193 Å². The molecule has 0 aromatic heterocycles. The van der Waals surface area contributed by atoms with E-state index in [-0.39, 0.29) is 23.9 Å². The lowest BCUT2D eigenvalue weighted by Crippen LogP contribution is -2.51. The average Bonchev–Trinajstić information content (AvgIpc) is 2.81. The molecule has 2 rings (SSSR count). The highest BCUT2D eigenvalue weighted by molar-refractivity contribution is 5.99. The highest BCUT2D eigenvalue weighted by atomic mass is 16.5. The number of carbonyl (C=O) groups excluding carboxylic acids is 3. The standard InChI is InChI=1S/C24H31N3O6/c1-6-33-18-9-7-17(8-10-18)26-21(28)14-25-24(30)22(15(2)3)27-23(29)16-11-19(31-4)13-20(12-16)32-5/h7-13,15,22H,6,14H2,1-5H3,(H,25,30)(H,26,28)(H,27,29). The Morgan fingerprint density at radius 1 is 0.909 bits per heavy atom. The van der Waals surface area contributed by atoms with Gasteiger partial charge in [-0.3, -0.25) is 14.4 Å². The van der Waals surface area contributed by atoms with Gasteiger partial charge in [-0.25, -0.2) is 0 Å². The lowest BCUT2D eigenvalue weighted by atomic mass is 10.0. The third kappa shape index (κ3) is 7.71. The number of anilines is 1. The number of carbonyl (C=O) groups is 3. The zero-order valence-corrected chi connectivity index (χ0v) is 19.6. The molecule has 2 aromatic rings. The summed E-state index contributed by atoms with van der Waals surface area (Å²) in [6.45, 7) is 5.81. The smallest absolute Gasteiger partial charge is 0.252 e. The monoisotopic (exact) mass is 457 g/mol. The maximum atomic E-state index is 12.8. The lowest BCUT2D eigenvalue weighted by Gasteiger charge is -2.22. The normalized spacial score (nSPS) is 11.3. The molecule has 0 bridgehead atoms. The summed E-state index contributed by atoms with van der Waals surface area (Å²) in [5, 5.41) is 8.00. The van der Waals surface area contributed by atoms with Gasteiger partial charge < -0.3 is 30.2 Å². The van der Waals surface area contributed by atoms with Crippen LogP contribution in [0.2, 0.25) is 0 Å². The number of amides is 3. The molecular weight excluding hydrogens is 426 g/mol. The Hall–Kier alpha value is -3.75. The quantitative estimate of drug-likeness (QED) is 0.478. The van der Waals surface area contributed by atoms with Crippen molar-refractivity contribution in [2.45, 2.75) is 26.8 Å². The number of rotatable bonds is 11. The van der Waals surface area contributed by atoms with Crippen LogP contribution >= 0.6 is 0 Å². The van der Waals surface area contributed by atoms with Crippen LogP contribution in [0.3, 0.4) is 0 Å². The maximum Gasteiger partial charge on any atom is 0.252 e. The Bertz CT molecular complexity index is 937. The molecule has 0 heterocycles. The Morgan fingerprint density at radius 3 is 2.03 bits per heavy atom. The predicted octanol–water partition coefficient (Wildman–Crippen LogP) is 2.61. The molecule has 1 unspecified atom stereocenters. The van der Waals surface area contributed by atoms with Gasteiger partial charge >= 0.3 is 0 Å². The molecule has 0 aliphatic carbocycles. The molecule has 9 heteroatoms. The van der Waals surface area contributed by atoms with Crippen LogP contribution in [0.5, 0.6) is 17.2 Å². The van der Waals surface area contributed by atoms with Gasteiger partial charge in [-0.2, -0.15) is 0 Å². The van der Waals surface area contributed by atoms with Gasteiger partial charge in [0, 0.05) is 17.3 Å². The van der Waals surface area contributed by atoms with Gasteiger partial charge in [0.1, 0.15) is 23.3 Å². The van der Waals surface area contributed by atoms with E-state index in [9.17, 15) is 14.4 Å².